The molecule has 5 heteroatoms. The molecule has 0 spiro atoms. The lowest BCUT2D eigenvalue weighted by molar-refractivity contribution is 0.0648. The molecule has 0 bridgehead atoms. The van der Waals surface area contributed by atoms with Crippen LogP contribution in [0.15, 0.2) is 12.1 Å². The fourth-order valence-corrected chi connectivity index (χ4v) is 1.61. The van der Waals surface area contributed by atoms with Crippen molar-refractivity contribution in [2.45, 2.75) is 32.4 Å². The standard InChI is InChI=1S/C13H20ClNO3/c1-8(13(2,3)16)15-10-7-11(17-4)9(14)6-12(10)18-5/h6-8,15-16H,1-5H3. The molecule has 0 aliphatic carbocycles. The van der Waals surface area contributed by atoms with E-state index in [0.29, 0.717) is 16.5 Å². The summed E-state index contributed by atoms with van der Waals surface area (Å²) < 4.78 is 10.4. The second-order valence-corrected chi connectivity index (χ2v) is 5.11. The molecule has 0 aromatic heterocycles. The van der Waals surface area contributed by atoms with E-state index >= 15 is 0 Å². The van der Waals surface area contributed by atoms with Crippen LogP contribution < -0.4 is 14.8 Å². The van der Waals surface area contributed by atoms with Crippen molar-refractivity contribution in [1.82, 2.24) is 0 Å². The maximum Gasteiger partial charge on any atom is 0.143 e. The van der Waals surface area contributed by atoms with Gasteiger partial charge in [-0.2, -0.15) is 0 Å². The van der Waals surface area contributed by atoms with E-state index in [-0.39, 0.29) is 6.04 Å². The van der Waals surface area contributed by atoms with Crippen LogP contribution in [0, 0.1) is 0 Å². The van der Waals surface area contributed by atoms with Crippen LogP contribution in [-0.2, 0) is 0 Å². The third kappa shape index (κ3) is 3.43. The van der Waals surface area contributed by atoms with Crippen LogP contribution in [0.3, 0.4) is 0 Å². The molecule has 0 radical (unpaired) electrons. The summed E-state index contributed by atoms with van der Waals surface area (Å²) in [6.45, 7) is 5.37. The van der Waals surface area contributed by atoms with Crippen LogP contribution in [0.5, 0.6) is 11.5 Å². The summed E-state index contributed by atoms with van der Waals surface area (Å²) in [7, 11) is 3.12. The number of hydrogen-bond donors (Lipinski definition) is 2. The maximum atomic E-state index is 9.93. The fraction of sp³-hybridized carbons (Fsp3) is 0.538. The van der Waals surface area contributed by atoms with Gasteiger partial charge >= 0.3 is 0 Å². The molecule has 0 fully saturated rings. The van der Waals surface area contributed by atoms with Gasteiger partial charge in [0.2, 0.25) is 0 Å². The van der Waals surface area contributed by atoms with E-state index in [1.54, 1.807) is 40.2 Å². The third-order valence-electron chi connectivity index (χ3n) is 2.91. The first-order chi connectivity index (χ1) is 8.29. The molecular weight excluding hydrogens is 254 g/mol. The van der Waals surface area contributed by atoms with Crippen LogP contribution in [0.4, 0.5) is 5.69 Å². The number of halogens is 1. The van der Waals surface area contributed by atoms with E-state index in [2.05, 4.69) is 5.32 Å². The van der Waals surface area contributed by atoms with Gasteiger partial charge in [0.25, 0.3) is 0 Å². The lowest BCUT2D eigenvalue weighted by Gasteiger charge is -2.28. The highest BCUT2D eigenvalue weighted by molar-refractivity contribution is 6.32. The van der Waals surface area contributed by atoms with E-state index < -0.39 is 5.60 Å². The number of methoxy groups -OCH3 is 2. The highest BCUT2D eigenvalue weighted by Crippen LogP contribution is 2.36. The fourth-order valence-electron chi connectivity index (χ4n) is 1.38. The van der Waals surface area contributed by atoms with Crippen molar-refractivity contribution in [3.8, 4) is 11.5 Å². The molecule has 1 rings (SSSR count). The van der Waals surface area contributed by atoms with E-state index in [1.807, 2.05) is 6.92 Å². The Morgan fingerprint density at radius 3 is 2.22 bits per heavy atom. The largest absolute Gasteiger partial charge is 0.495 e. The van der Waals surface area contributed by atoms with E-state index in [1.165, 1.54) is 0 Å². The minimum Gasteiger partial charge on any atom is -0.495 e. The summed E-state index contributed by atoms with van der Waals surface area (Å²) >= 11 is 6.02. The Hall–Kier alpha value is -1.13. The summed E-state index contributed by atoms with van der Waals surface area (Å²) in [5.74, 6) is 1.17. The van der Waals surface area contributed by atoms with Crippen LogP contribution in [0.25, 0.3) is 0 Å². The van der Waals surface area contributed by atoms with Gasteiger partial charge in [-0.25, -0.2) is 0 Å². The molecule has 2 N–H and O–H groups in total. The van der Waals surface area contributed by atoms with Gasteiger partial charge in [0.1, 0.15) is 11.5 Å². The Kier molecular flexibility index (Phi) is 4.71. The number of benzene rings is 1. The van der Waals surface area contributed by atoms with Crippen molar-refractivity contribution >= 4 is 17.3 Å². The minimum absolute atomic E-state index is 0.155. The monoisotopic (exact) mass is 273 g/mol. The summed E-state index contributed by atoms with van der Waals surface area (Å²) in [6.07, 6.45) is 0. The third-order valence-corrected chi connectivity index (χ3v) is 3.20. The van der Waals surface area contributed by atoms with Gasteiger partial charge < -0.3 is 19.9 Å². The smallest absolute Gasteiger partial charge is 0.143 e. The van der Waals surface area contributed by atoms with Crippen LogP contribution in [0.2, 0.25) is 5.02 Å². The molecule has 0 saturated heterocycles. The summed E-state index contributed by atoms with van der Waals surface area (Å²) in [5.41, 5.74) is -0.119. The zero-order chi connectivity index (χ0) is 13.9. The highest BCUT2D eigenvalue weighted by Gasteiger charge is 2.23. The molecule has 0 saturated carbocycles. The maximum absolute atomic E-state index is 9.93. The lowest BCUT2D eigenvalue weighted by atomic mass is 10.0. The minimum atomic E-state index is -0.849. The SMILES string of the molecule is COc1cc(NC(C)C(C)(C)O)c(OC)cc1Cl. The lowest BCUT2D eigenvalue weighted by Crippen LogP contribution is -2.39. The molecule has 18 heavy (non-hydrogen) atoms. The van der Waals surface area contributed by atoms with Gasteiger partial charge in [0.15, 0.2) is 0 Å². The van der Waals surface area contributed by atoms with Gasteiger partial charge in [-0.1, -0.05) is 11.6 Å². The molecule has 102 valence electrons. The zero-order valence-corrected chi connectivity index (χ0v) is 12.1. The second-order valence-electron chi connectivity index (χ2n) is 4.71. The topological polar surface area (TPSA) is 50.7 Å². The second kappa shape index (κ2) is 5.67. The quantitative estimate of drug-likeness (QED) is 0.866. The highest BCUT2D eigenvalue weighted by atomic mass is 35.5. The normalized spacial score (nSPS) is 13.1. The van der Waals surface area contributed by atoms with Crippen LogP contribution in [0.1, 0.15) is 20.8 Å². The molecule has 4 nitrogen and oxygen atoms in total. The van der Waals surface area contributed by atoms with Crippen LogP contribution >= 0.6 is 11.6 Å². The van der Waals surface area contributed by atoms with Crippen molar-refractivity contribution in [1.29, 1.82) is 0 Å². The predicted molar refractivity (Wildman–Crippen MR) is 73.9 cm³/mol. The van der Waals surface area contributed by atoms with E-state index in [4.69, 9.17) is 21.1 Å². The number of nitrogens with one attached hydrogen (secondary N) is 1. The molecule has 1 aromatic rings. The Bertz CT molecular complexity index is 415. The van der Waals surface area contributed by atoms with Crippen molar-refractivity contribution in [2.75, 3.05) is 19.5 Å². The molecule has 0 aliphatic heterocycles. The Morgan fingerprint density at radius 2 is 1.78 bits per heavy atom. The zero-order valence-electron chi connectivity index (χ0n) is 11.4. The number of hydrogen-bond acceptors (Lipinski definition) is 4. The van der Waals surface area contributed by atoms with Gasteiger partial charge in [-0.15, -0.1) is 0 Å². The van der Waals surface area contributed by atoms with E-state index in [0.717, 1.165) is 5.69 Å². The molecule has 0 amide bonds. The van der Waals surface area contributed by atoms with Crippen LogP contribution in [-0.4, -0.2) is 31.0 Å². The first-order valence-electron chi connectivity index (χ1n) is 5.70. The van der Waals surface area contributed by atoms with Crippen molar-refractivity contribution in [2.24, 2.45) is 0 Å². The van der Waals surface area contributed by atoms with Gasteiger partial charge in [0.05, 0.1) is 36.6 Å². The number of anilines is 1. The van der Waals surface area contributed by atoms with E-state index in [9.17, 15) is 5.11 Å². The molecule has 0 heterocycles. The summed E-state index contributed by atoms with van der Waals surface area (Å²) in [5, 5.41) is 13.6. The van der Waals surface area contributed by atoms with Crippen molar-refractivity contribution < 1.29 is 14.6 Å². The number of aliphatic hydroxyl groups is 1. The predicted octanol–water partition coefficient (Wildman–Crippen LogP) is 2.93. The van der Waals surface area contributed by atoms with Crippen molar-refractivity contribution in [3.05, 3.63) is 17.2 Å². The summed E-state index contributed by atoms with van der Waals surface area (Å²) in [6, 6.07) is 3.28. The Labute approximate surface area is 113 Å². The summed E-state index contributed by atoms with van der Waals surface area (Å²) in [4.78, 5) is 0. The average molecular weight is 274 g/mol. The molecular formula is C13H20ClNO3. The van der Waals surface area contributed by atoms with Gasteiger partial charge in [0, 0.05) is 12.1 Å². The van der Waals surface area contributed by atoms with Gasteiger partial charge in [-0.3, -0.25) is 0 Å². The molecule has 1 atom stereocenters. The Balaban J connectivity index is 3.07. The molecule has 1 unspecified atom stereocenters. The molecule has 1 aromatic carbocycles. The average Bonchev–Trinajstić information content (AvgIpc) is 2.29. The number of ether oxygens (including phenoxy) is 2. The Morgan fingerprint density at radius 1 is 1.22 bits per heavy atom. The number of rotatable bonds is 5. The first kappa shape index (κ1) is 14.9. The van der Waals surface area contributed by atoms with Crippen molar-refractivity contribution in [3.63, 3.8) is 0 Å². The van der Waals surface area contributed by atoms with Gasteiger partial charge in [-0.05, 0) is 20.8 Å². The molecule has 0 aliphatic rings. The first-order valence-corrected chi connectivity index (χ1v) is 6.07.